The normalized spacial score (nSPS) is 14.2. The van der Waals surface area contributed by atoms with E-state index in [9.17, 15) is 14.4 Å². The Morgan fingerprint density at radius 2 is 1.67 bits per heavy atom. The zero-order chi connectivity index (χ0) is 18.9. The van der Waals surface area contributed by atoms with Crippen LogP contribution in [0.1, 0.15) is 47.0 Å². The van der Waals surface area contributed by atoms with Crippen LogP contribution >= 0.6 is 0 Å². The second-order valence-corrected chi connectivity index (χ2v) is 6.56. The number of ketones is 2. The van der Waals surface area contributed by atoms with Crippen LogP contribution in [0, 0.1) is 0 Å². The Kier molecular flexibility index (Phi) is 9.67. The number of hydrogen-bond acceptors (Lipinski definition) is 8. The molecule has 8 N–H and O–H groups in total. The predicted molar refractivity (Wildman–Crippen MR) is 90.8 cm³/mol. The lowest BCUT2D eigenvalue weighted by molar-refractivity contribution is -0.138. The van der Waals surface area contributed by atoms with E-state index in [1.165, 1.54) is 0 Å². The van der Waals surface area contributed by atoms with Crippen molar-refractivity contribution in [2.75, 3.05) is 6.54 Å². The van der Waals surface area contributed by atoms with Gasteiger partial charge >= 0.3 is 6.09 Å². The number of carbonyl (C=O) groups is 3. The molecule has 0 aliphatic carbocycles. The molecule has 0 saturated heterocycles. The summed E-state index contributed by atoms with van der Waals surface area (Å²) in [4.78, 5) is 36.0. The molecular formula is C15H31N5O4. The van der Waals surface area contributed by atoms with E-state index >= 15 is 0 Å². The summed E-state index contributed by atoms with van der Waals surface area (Å²) in [5.74, 6) is -1.44. The number of nitrogens with two attached hydrogens (primary N) is 3. The van der Waals surface area contributed by atoms with Gasteiger partial charge in [0, 0.05) is 0 Å². The first-order valence-electron chi connectivity index (χ1n) is 8.05. The smallest absolute Gasteiger partial charge is 0.408 e. The van der Waals surface area contributed by atoms with Crippen molar-refractivity contribution in [1.82, 2.24) is 10.6 Å². The molecule has 1 amide bonds. The zero-order valence-corrected chi connectivity index (χ0v) is 14.9. The summed E-state index contributed by atoms with van der Waals surface area (Å²) in [5.41, 5.74) is 15.7. The summed E-state index contributed by atoms with van der Waals surface area (Å²) >= 11 is 0. The summed E-state index contributed by atoms with van der Waals surface area (Å²) in [6, 6.07) is -1.88. The summed E-state index contributed by atoms with van der Waals surface area (Å²) in [6.45, 7) is 7.29. The molecule has 2 atom stereocenters. The van der Waals surface area contributed by atoms with Gasteiger partial charge in [-0.2, -0.15) is 0 Å². The maximum Gasteiger partial charge on any atom is 0.408 e. The van der Waals surface area contributed by atoms with Gasteiger partial charge in [-0.05, 0) is 46.6 Å². The molecule has 0 saturated carbocycles. The van der Waals surface area contributed by atoms with E-state index in [1.54, 1.807) is 27.7 Å². The van der Waals surface area contributed by atoms with Crippen LogP contribution in [0.5, 0.6) is 0 Å². The van der Waals surface area contributed by atoms with E-state index in [-0.39, 0.29) is 6.42 Å². The van der Waals surface area contributed by atoms with Crippen LogP contribution in [0.3, 0.4) is 0 Å². The predicted octanol–water partition coefficient (Wildman–Crippen LogP) is -0.674. The molecule has 0 aliphatic rings. The first-order chi connectivity index (χ1) is 11.0. The third-order valence-electron chi connectivity index (χ3n) is 3.07. The van der Waals surface area contributed by atoms with Crippen molar-refractivity contribution in [2.24, 2.45) is 17.2 Å². The van der Waals surface area contributed by atoms with Crippen molar-refractivity contribution in [3.63, 3.8) is 0 Å². The first kappa shape index (κ1) is 22.4. The molecule has 0 unspecified atom stereocenters. The van der Waals surface area contributed by atoms with Gasteiger partial charge in [0.05, 0.1) is 12.1 Å². The van der Waals surface area contributed by atoms with Crippen molar-refractivity contribution in [2.45, 2.75) is 70.9 Å². The molecule has 0 heterocycles. The largest absolute Gasteiger partial charge is 0.444 e. The van der Waals surface area contributed by atoms with Crippen LogP contribution in [0.15, 0.2) is 0 Å². The van der Waals surface area contributed by atoms with Crippen molar-refractivity contribution >= 4 is 17.7 Å². The minimum atomic E-state index is -0.950. The minimum Gasteiger partial charge on any atom is -0.444 e. The second-order valence-electron chi connectivity index (χ2n) is 6.56. The first-order valence-corrected chi connectivity index (χ1v) is 8.05. The lowest BCUT2D eigenvalue weighted by Crippen LogP contribution is -2.49. The number of amides is 1. The molecule has 0 fully saturated rings. The fraction of sp³-hybridized carbons (Fsp3) is 0.800. The molecule has 24 heavy (non-hydrogen) atoms. The van der Waals surface area contributed by atoms with Crippen LogP contribution in [-0.2, 0) is 14.3 Å². The average molecular weight is 345 g/mol. The molecule has 0 rings (SSSR count). The number of hydrogen-bond donors (Lipinski definition) is 5. The molecule has 0 bridgehead atoms. The van der Waals surface area contributed by atoms with Crippen molar-refractivity contribution < 1.29 is 19.1 Å². The molecule has 0 aromatic rings. The Hall–Kier alpha value is -1.55. The monoisotopic (exact) mass is 345 g/mol. The third kappa shape index (κ3) is 9.56. The van der Waals surface area contributed by atoms with Gasteiger partial charge in [-0.3, -0.25) is 14.9 Å². The van der Waals surface area contributed by atoms with Crippen LogP contribution in [-0.4, -0.2) is 48.2 Å². The molecule has 0 spiro atoms. The lowest BCUT2D eigenvalue weighted by Gasteiger charge is -2.22. The minimum absolute atomic E-state index is 0.264. The highest BCUT2D eigenvalue weighted by molar-refractivity contribution is 6.41. The summed E-state index contributed by atoms with van der Waals surface area (Å²) in [5, 5.41) is 5.19. The SMILES string of the molecule is CC[C@H](NC(=O)OC(C)(C)C)C(=O)C(=O)[C@@H](N)CCCNC(N)N. The van der Waals surface area contributed by atoms with Crippen LogP contribution in [0.25, 0.3) is 0 Å². The summed E-state index contributed by atoms with van der Waals surface area (Å²) < 4.78 is 5.09. The number of Topliss-reactive ketones (excluding diaryl/α,β-unsaturated/α-hetero) is 2. The number of rotatable bonds is 10. The highest BCUT2D eigenvalue weighted by Gasteiger charge is 2.30. The molecule has 9 nitrogen and oxygen atoms in total. The molecule has 0 aromatic heterocycles. The quantitative estimate of drug-likeness (QED) is 0.198. The number of ether oxygens (including phenoxy) is 1. The van der Waals surface area contributed by atoms with Gasteiger partial charge in [0.2, 0.25) is 11.6 Å². The Morgan fingerprint density at radius 3 is 2.12 bits per heavy atom. The lowest BCUT2D eigenvalue weighted by atomic mass is 9.98. The molecular weight excluding hydrogens is 314 g/mol. The zero-order valence-electron chi connectivity index (χ0n) is 14.9. The van der Waals surface area contributed by atoms with Gasteiger partial charge in [-0.1, -0.05) is 6.92 Å². The highest BCUT2D eigenvalue weighted by Crippen LogP contribution is 2.08. The van der Waals surface area contributed by atoms with Gasteiger partial charge in [0.1, 0.15) is 11.9 Å². The molecule has 0 aliphatic heterocycles. The highest BCUT2D eigenvalue weighted by atomic mass is 16.6. The summed E-state index contributed by atoms with van der Waals surface area (Å²) in [7, 11) is 0. The maximum absolute atomic E-state index is 12.2. The van der Waals surface area contributed by atoms with E-state index in [1.807, 2.05) is 0 Å². The van der Waals surface area contributed by atoms with Crippen molar-refractivity contribution in [1.29, 1.82) is 0 Å². The fourth-order valence-corrected chi connectivity index (χ4v) is 1.88. The van der Waals surface area contributed by atoms with Crippen molar-refractivity contribution in [3.05, 3.63) is 0 Å². The topological polar surface area (TPSA) is 163 Å². The fourth-order valence-electron chi connectivity index (χ4n) is 1.88. The second kappa shape index (κ2) is 10.3. The van der Waals surface area contributed by atoms with Crippen molar-refractivity contribution in [3.8, 4) is 0 Å². The summed E-state index contributed by atoms with van der Waals surface area (Å²) in [6.07, 6.45) is -0.263. The Bertz CT molecular complexity index is 434. The number of nitrogens with one attached hydrogen (secondary N) is 2. The average Bonchev–Trinajstić information content (AvgIpc) is 2.45. The molecule has 0 aromatic carbocycles. The van der Waals surface area contributed by atoms with E-state index in [4.69, 9.17) is 21.9 Å². The van der Waals surface area contributed by atoms with Crippen LogP contribution in [0.2, 0.25) is 0 Å². The van der Waals surface area contributed by atoms with Gasteiger partial charge < -0.3 is 27.3 Å². The Balaban J connectivity index is 4.49. The molecule has 140 valence electrons. The number of alkyl carbamates (subject to hydrolysis) is 1. The number of carbonyl (C=O) groups excluding carboxylic acids is 3. The Morgan fingerprint density at radius 1 is 1.08 bits per heavy atom. The van der Waals surface area contributed by atoms with Gasteiger partial charge in [0.25, 0.3) is 0 Å². The standard InChI is InChI=1S/C15H31N5O4/c1-5-10(20-14(23)24-15(2,3)4)12(22)11(21)9(16)7-6-8-19-13(17)18/h9-10,13,19H,5-8,16-18H2,1-4H3,(H,20,23)/t9-,10-/m0/s1. The van der Waals surface area contributed by atoms with Crippen LogP contribution < -0.4 is 27.8 Å². The van der Waals surface area contributed by atoms with Gasteiger partial charge in [0.15, 0.2) is 0 Å². The van der Waals surface area contributed by atoms with E-state index in [0.717, 1.165) is 0 Å². The van der Waals surface area contributed by atoms with Gasteiger partial charge in [-0.25, -0.2) is 4.79 Å². The van der Waals surface area contributed by atoms with E-state index < -0.39 is 41.6 Å². The maximum atomic E-state index is 12.2. The van der Waals surface area contributed by atoms with E-state index in [2.05, 4.69) is 10.6 Å². The van der Waals surface area contributed by atoms with E-state index in [0.29, 0.717) is 19.4 Å². The van der Waals surface area contributed by atoms with Crippen LogP contribution in [0.4, 0.5) is 4.79 Å². The molecule has 0 radical (unpaired) electrons. The third-order valence-corrected chi connectivity index (χ3v) is 3.07. The van der Waals surface area contributed by atoms with Gasteiger partial charge in [-0.15, -0.1) is 0 Å². The molecule has 9 heteroatoms. The Labute approximate surface area is 143 Å².